The predicted octanol–water partition coefficient (Wildman–Crippen LogP) is 3.39. The van der Waals surface area contributed by atoms with Gasteiger partial charge in [0.1, 0.15) is 0 Å². The number of hydrogen-bond acceptors (Lipinski definition) is 4. The van der Waals surface area contributed by atoms with Gasteiger partial charge in [-0.1, -0.05) is 24.3 Å². The van der Waals surface area contributed by atoms with Crippen LogP contribution in [0.25, 0.3) is 0 Å². The van der Waals surface area contributed by atoms with Crippen LogP contribution in [-0.4, -0.2) is 30.6 Å². The first kappa shape index (κ1) is 18.5. The van der Waals surface area contributed by atoms with Crippen molar-refractivity contribution in [1.82, 2.24) is 15.6 Å². The third-order valence-electron chi connectivity index (χ3n) is 4.30. The Morgan fingerprint density at radius 2 is 1.88 bits per heavy atom. The van der Waals surface area contributed by atoms with Crippen molar-refractivity contribution in [3.05, 3.63) is 57.6 Å². The molecule has 0 aliphatic carbocycles. The Labute approximate surface area is 159 Å². The number of anilines is 1. The summed E-state index contributed by atoms with van der Waals surface area (Å²) in [7, 11) is 0. The van der Waals surface area contributed by atoms with Gasteiger partial charge in [0.25, 0.3) is 0 Å². The van der Waals surface area contributed by atoms with Crippen LogP contribution in [0, 0.1) is 13.8 Å². The first-order valence-corrected chi connectivity index (χ1v) is 9.91. The van der Waals surface area contributed by atoms with E-state index < -0.39 is 0 Å². The lowest BCUT2D eigenvalue weighted by Crippen LogP contribution is -2.36. The molecule has 6 heteroatoms. The summed E-state index contributed by atoms with van der Waals surface area (Å²) in [5.74, 6) is 0.839. The molecule has 0 amide bonds. The zero-order valence-corrected chi connectivity index (χ0v) is 16.6. The molecule has 26 heavy (non-hydrogen) atoms. The average molecular weight is 370 g/mol. The normalized spacial score (nSPS) is 14.1. The van der Waals surface area contributed by atoms with Crippen LogP contribution in [0.4, 0.5) is 5.69 Å². The second kappa shape index (κ2) is 8.85. The van der Waals surface area contributed by atoms with Crippen LogP contribution in [0.3, 0.4) is 0 Å². The summed E-state index contributed by atoms with van der Waals surface area (Å²) < 4.78 is 0. The fourth-order valence-electron chi connectivity index (χ4n) is 2.91. The van der Waals surface area contributed by atoms with Gasteiger partial charge in [-0.15, -0.1) is 11.3 Å². The van der Waals surface area contributed by atoms with E-state index in [1.165, 1.54) is 16.1 Å². The Kier molecular flexibility index (Phi) is 6.28. The number of benzene rings is 1. The van der Waals surface area contributed by atoms with Crippen LogP contribution in [0.2, 0.25) is 0 Å². The molecule has 0 spiro atoms. The van der Waals surface area contributed by atoms with Crippen molar-refractivity contribution in [1.29, 1.82) is 0 Å². The second-order valence-corrected chi connectivity index (χ2v) is 7.62. The van der Waals surface area contributed by atoms with Gasteiger partial charge >= 0.3 is 0 Å². The Bertz CT molecular complexity index is 768. The molecule has 2 N–H and O–H groups in total. The van der Waals surface area contributed by atoms with E-state index in [1.807, 2.05) is 6.92 Å². The van der Waals surface area contributed by atoms with Gasteiger partial charge in [0.15, 0.2) is 5.96 Å². The number of thiazole rings is 1. The van der Waals surface area contributed by atoms with E-state index in [0.29, 0.717) is 6.54 Å². The summed E-state index contributed by atoms with van der Waals surface area (Å²) in [5.41, 5.74) is 3.58. The van der Waals surface area contributed by atoms with Gasteiger partial charge in [-0.3, -0.25) is 0 Å². The first-order valence-electron chi connectivity index (χ1n) is 9.09. The number of rotatable bonds is 6. The molecule has 0 unspecified atom stereocenters. The summed E-state index contributed by atoms with van der Waals surface area (Å²) in [6, 6.07) is 8.69. The average Bonchev–Trinajstić information content (AvgIpc) is 3.27. The van der Waals surface area contributed by atoms with Crippen LogP contribution in [-0.2, 0) is 13.1 Å². The zero-order valence-electron chi connectivity index (χ0n) is 15.7. The maximum absolute atomic E-state index is 4.72. The van der Waals surface area contributed by atoms with E-state index >= 15 is 0 Å². The maximum Gasteiger partial charge on any atom is 0.191 e. The molecule has 2 heterocycles. The molecule has 3 rings (SSSR count). The Morgan fingerprint density at radius 3 is 2.50 bits per heavy atom. The Hall–Kier alpha value is -2.34. The number of nitrogens with one attached hydrogen (secondary N) is 2. The standard InChI is InChI=1S/C20H27N5S/c1-4-21-20(23-14-19-15(2)24-16(3)26-19)22-13-17-7-9-18(10-8-17)25-11-5-6-12-25/h5-10H,4,11-14H2,1-3H3,(H2,21,22,23). The van der Waals surface area contributed by atoms with Crippen LogP contribution in [0.15, 0.2) is 41.4 Å². The van der Waals surface area contributed by atoms with E-state index in [4.69, 9.17) is 4.99 Å². The summed E-state index contributed by atoms with van der Waals surface area (Å²) in [6.45, 7) is 10.4. The van der Waals surface area contributed by atoms with Gasteiger partial charge < -0.3 is 15.5 Å². The molecule has 0 atom stereocenters. The lowest BCUT2D eigenvalue weighted by atomic mass is 10.2. The highest BCUT2D eigenvalue weighted by molar-refractivity contribution is 7.11. The number of aryl methyl sites for hydroxylation is 2. The van der Waals surface area contributed by atoms with Crippen LogP contribution in [0.1, 0.15) is 28.1 Å². The van der Waals surface area contributed by atoms with Crippen molar-refractivity contribution < 1.29 is 0 Å². The van der Waals surface area contributed by atoms with Crippen molar-refractivity contribution >= 4 is 23.0 Å². The topological polar surface area (TPSA) is 52.6 Å². The zero-order chi connectivity index (χ0) is 18.4. The molecule has 0 saturated heterocycles. The minimum atomic E-state index is 0.661. The summed E-state index contributed by atoms with van der Waals surface area (Å²) in [6.07, 6.45) is 4.41. The van der Waals surface area contributed by atoms with Crippen molar-refractivity contribution in [2.75, 3.05) is 24.5 Å². The Morgan fingerprint density at radius 1 is 1.15 bits per heavy atom. The molecule has 1 aromatic heterocycles. The van der Waals surface area contributed by atoms with Gasteiger partial charge in [-0.05, 0) is 38.5 Å². The lowest BCUT2D eigenvalue weighted by molar-refractivity contribution is 0.818. The van der Waals surface area contributed by atoms with E-state index in [1.54, 1.807) is 11.3 Å². The van der Waals surface area contributed by atoms with Crippen molar-refractivity contribution in [2.24, 2.45) is 4.99 Å². The minimum Gasteiger partial charge on any atom is -0.364 e. The maximum atomic E-state index is 4.72. The largest absolute Gasteiger partial charge is 0.364 e. The number of guanidine groups is 1. The number of hydrogen-bond donors (Lipinski definition) is 2. The molecule has 1 aliphatic heterocycles. The van der Waals surface area contributed by atoms with Gasteiger partial charge in [-0.25, -0.2) is 9.98 Å². The van der Waals surface area contributed by atoms with Gasteiger partial charge in [-0.2, -0.15) is 0 Å². The van der Waals surface area contributed by atoms with E-state index in [-0.39, 0.29) is 0 Å². The fraction of sp³-hybridized carbons (Fsp3) is 0.400. The van der Waals surface area contributed by atoms with E-state index in [2.05, 4.69) is 70.8 Å². The van der Waals surface area contributed by atoms with Crippen LogP contribution in [0.5, 0.6) is 0 Å². The van der Waals surface area contributed by atoms with Crippen molar-refractivity contribution in [3.63, 3.8) is 0 Å². The molecule has 1 aliphatic rings. The monoisotopic (exact) mass is 369 g/mol. The molecule has 0 saturated carbocycles. The first-order chi connectivity index (χ1) is 12.7. The number of nitrogens with zero attached hydrogens (tertiary/aromatic N) is 3. The Balaban J connectivity index is 1.58. The molecule has 0 fully saturated rings. The summed E-state index contributed by atoms with van der Waals surface area (Å²) in [5, 5.41) is 7.83. The third-order valence-corrected chi connectivity index (χ3v) is 5.37. The van der Waals surface area contributed by atoms with Crippen LogP contribution >= 0.6 is 11.3 Å². The number of aromatic nitrogens is 1. The number of aliphatic imine (C=N–C) groups is 1. The smallest absolute Gasteiger partial charge is 0.191 e. The second-order valence-electron chi connectivity index (χ2n) is 6.33. The quantitative estimate of drug-likeness (QED) is 0.466. The van der Waals surface area contributed by atoms with Crippen LogP contribution < -0.4 is 15.5 Å². The molecule has 1 aromatic carbocycles. The van der Waals surface area contributed by atoms with Crippen molar-refractivity contribution in [2.45, 2.75) is 33.9 Å². The molecule has 2 aromatic rings. The summed E-state index contributed by atoms with van der Waals surface area (Å²) in [4.78, 5) is 12.8. The van der Waals surface area contributed by atoms with Gasteiger partial charge in [0.2, 0.25) is 0 Å². The molecule has 138 valence electrons. The van der Waals surface area contributed by atoms with Crippen molar-refractivity contribution in [3.8, 4) is 0 Å². The lowest BCUT2D eigenvalue weighted by Gasteiger charge is -2.17. The summed E-state index contributed by atoms with van der Waals surface area (Å²) >= 11 is 1.74. The van der Waals surface area contributed by atoms with Gasteiger partial charge in [0.05, 0.1) is 23.8 Å². The molecule has 0 bridgehead atoms. The molecule has 5 nitrogen and oxygen atoms in total. The molecule has 0 radical (unpaired) electrons. The fourth-order valence-corrected chi connectivity index (χ4v) is 3.79. The highest BCUT2D eigenvalue weighted by Gasteiger charge is 2.08. The van der Waals surface area contributed by atoms with E-state index in [0.717, 1.165) is 42.8 Å². The SMILES string of the molecule is CCNC(=NCc1ccc(N2CC=CC2)cc1)NCc1sc(C)nc1C. The minimum absolute atomic E-state index is 0.661. The van der Waals surface area contributed by atoms with Gasteiger partial charge in [0, 0.05) is 30.2 Å². The highest BCUT2D eigenvalue weighted by Crippen LogP contribution is 2.18. The third kappa shape index (κ3) is 4.85. The molecular formula is C20H27N5S. The predicted molar refractivity (Wildman–Crippen MR) is 111 cm³/mol. The van der Waals surface area contributed by atoms with E-state index in [9.17, 15) is 0 Å². The highest BCUT2D eigenvalue weighted by atomic mass is 32.1. The molecular weight excluding hydrogens is 342 g/mol.